The van der Waals surface area contributed by atoms with Crippen molar-refractivity contribution in [2.75, 3.05) is 59.8 Å². The highest BCUT2D eigenvalue weighted by Gasteiger charge is 2.40. The number of halogens is 5. The third-order valence-corrected chi connectivity index (χ3v) is 9.64. The molecule has 0 spiro atoms. The van der Waals surface area contributed by atoms with Crippen LogP contribution in [0.25, 0.3) is 0 Å². The number of hydrogen-bond acceptors (Lipinski definition) is 7. The molecule has 1 heterocycles. The van der Waals surface area contributed by atoms with Crippen molar-refractivity contribution in [1.29, 1.82) is 0 Å². The highest BCUT2D eigenvalue weighted by atomic mass is 35.5. The summed E-state index contributed by atoms with van der Waals surface area (Å²) in [7, 11) is 1.65. The first kappa shape index (κ1) is 40.0. The van der Waals surface area contributed by atoms with Crippen LogP contribution in [0.2, 0.25) is 10.0 Å². The molecule has 0 aromatic heterocycles. The molecule has 284 valence electrons. The van der Waals surface area contributed by atoms with Crippen molar-refractivity contribution < 1.29 is 41.7 Å². The van der Waals surface area contributed by atoms with E-state index in [0.717, 1.165) is 60.9 Å². The van der Waals surface area contributed by atoms with Crippen LogP contribution in [0.4, 0.5) is 13.2 Å². The molecule has 1 saturated heterocycles. The van der Waals surface area contributed by atoms with Crippen LogP contribution in [0, 0.1) is 12.8 Å². The molecule has 0 unspecified atom stereocenters. The number of piperidine rings is 1. The fourth-order valence-electron chi connectivity index (χ4n) is 6.51. The summed E-state index contributed by atoms with van der Waals surface area (Å²) in [5.74, 6) is 1.57. The Morgan fingerprint density at radius 2 is 1.54 bits per heavy atom. The predicted octanol–water partition coefficient (Wildman–Crippen LogP) is 8.18. The molecular formula is C39H47Cl2F3N2O6. The van der Waals surface area contributed by atoms with E-state index in [4.69, 9.17) is 46.9 Å². The Balaban J connectivity index is 1.22. The fraction of sp³-hybridized carbons (Fsp3) is 0.513. The molecule has 13 heteroatoms. The maximum absolute atomic E-state index is 14.4. The van der Waals surface area contributed by atoms with Gasteiger partial charge in [0, 0.05) is 32.8 Å². The van der Waals surface area contributed by atoms with E-state index in [1.54, 1.807) is 19.2 Å². The number of methoxy groups -OCH3 is 1. The number of alkyl halides is 3. The minimum Gasteiger partial charge on any atom is -0.491 e. The number of ether oxygens (including phenoxy) is 5. The standard InChI is InChI=1S/C39H47Cl2F3N2O6/c1-26-18-35(40)37(36(41)19-26)52-17-16-50-31-9-5-29(6-10-31)33-11-12-45-23-34(33)38(47)46(30-7-8-30)24-28-20-27(4-3-13-48-2)21-32(22-28)51-15-14-49-25-39(42,43)44/h5-6,9-10,18-22,30,33-34,45H,3-4,7-8,11-17,23-25H2,1-2H3/t33-,34+/m1/s1. The van der Waals surface area contributed by atoms with Gasteiger partial charge in [0.2, 0.25) is 5.91 Å². The third-order valence-electron chi connectivity index (χ3n) is 9.07. The van der Waals surface area contributed by atoms with Crippen LogP contribution >= 0.6 is 23.2 Å². The highest BCUT2D eigenvalue weighted by molar-refractivity contribution is 6.37. The van der Waals surface area contributed by atoms with Gasteiger partial charge >= 0.3 is 6.18 Å². The molecule has 0 bridgehead atoms. The van der Waals surface area contributed by atoms with Crippen molar-refractivity contribution in [1.82, 2.24) is 10.2 Å². The quantitative estimate of drug-likeness (QED) is 0.123. The summed E-state index contributed by atoms with van der Waals surface area (Å²) in [4.78, 5) is 16.4. The summed E-state index contributed by atoms with van der Waals surface area (Å²) in [6, 6.07) is 17.5. The molecule has 2 fully saturated rings. The largest absolute Gasteiger partial charge is 0.491 e. The average molecular weight is 768 g/mol. The number of rotatable bonds is 19. The van der Waals surface area contributed by atoms with Crippen LogP contribution in [0.3, 0.4) is 0 Å². The van der Waals surface area contributed by atoms with Crippen molar-refractivity contribution in [2.45, 2.75) is 63.7 Å². The van der Waals surface area contributed by atoms with Crippen molar-refractivity contribution in [2.24, 2.45) is 5.92 Å². The van der Waals surface area contributed by atoms with Crippen LogP contribution in [-0.2, 0) is 27.2 Å². The Labute approximate surface area is 313 Å². The van der Waals surface area contributed by atoms with E-state index in [1.165, 1.54) is 0 Å². The van der Waals surface area contributed by atoms with Gasteiger partial charge in [-0.15, -0.1) is 0 Å². The zero-order valence-corrected chi connectivity index (χ0v) is 31.1. The van der Waals surface area contributed by atoms with Crippen LogP contribution in [0.15, 0.2) is 54.6 Å². The Hall–Kier alpha value is -3.22. The molecule has 2 aliphatic rings. The molecule has 1 saturated carbocycles. The lowest BCUT2D eigenvalue weighted by molar-refractivity contribution is -0.175. The van der Waals surface area contributed by atoms with E-state index in [2.05, 4.69) is 11.4 Å². The van der Waals surface area contributed by atoms with E-state index in [0.29, 0.717) is 53.6 Å². The van der Waals surface area contributed by atoms with Crippen molar-refractivity contribution in [3.63, 3.8) is 0 Å². The van der Waals surface area contributed by atoms with Crippen molar-refractivity contribution in [3.05, 3.63) is 86.9 Å². The second kappa shape index (κ2) is 19.2. The minimum atomic E-state index is -4.39. The van der Waals surface area contributed by atoms with Gasteiger partial charge in [-0.25, -0.2) is 0 Å². The number of benzene rings is 3. The Morgan fingerprint density at radius 1 is 0.865 bits per heavy atom. The molecule has 3 aromatic carbocycles. The highest BCUT2D eigenvalue weighted by Crippen LogP contribution is 2.37. The molecule has 52 heavy (non-hydrogen) atoms. The Bertz CT molecular complexity index is 1580. The molecule has 1 N–H and O–H groups in total. The summed E-state index contributed by atoms with van der Waals surface area (Å²) in [6.07, 6.45) is -0.142. The number of amides is 1. The number of carbonyl (C=O) groups is 1. The van der Waals surface area contributed by atoms with Gasteiger partial charge in [-0.2, -0.15) is 13.2 Å². The number of nitrogens with one attached hydrogen (secondary N) is 1. The molecule has 3 aromatic rings. The zero-order valence-electron chi connectivity index (χ0n) is 29.6. The molecule has 5 rings (SSSR count). The topological polar surface area (TPSA) is 78.5 Å². The van der Waals surface area contributed by atoms with Gasteiger partial charge in [-0.1, -0.05) is 41.4 Å². The van der Waals surface area contributed by atoms with Crippen LogP contribution < -0.4 is 19.5 Å². The summed E-state index contributed by atoms with van der Waals surface area (Å²) < 4.78 is 64.9. The summed E-state index contributed by atoms with van der Waals surface area (Å²) in [6.45, 7) is 3.36. The molecular weight excluding hydrogens is 720 g/mol. The van der Waals surface area contributed by atoms with Crippen LogP contribution in [0.1, 0.15) is 53.9 Å². The predicted molar refractivity (Wildman–Crippen MR) is 195 cm³/mol. The van der Waals surface area contributed by atoms with E-state index in [9.17, 15) is 18.0 Å². The van der Waals surface area contributed by atoms with Crippen molar-refractivity contribution in [3.8, 4) is 17.2 Å². The molecule has 1 aliphatic carbocycles. The lowest BCUT2D eigenvalue weighted by Gasteiger charge is -2.36. The number of hydrogen-bond donors (Lipinski definition) is 1. The first-order valence-corrected chi connectivity index (χ1v) is 18.5. The van der Waals surface area contributed by atoms with E-state index in [-0.39, 0.29) is 43.6 Å². The second-order valence-electron chi connectivity index (χ2n) is 13.3. The Kier molecular flexibility index (Phi) is 14.8. The van der Waals surface area contributed by atoms with Gasteiger partial charge in [0.15, 0.2) is 5.75 Å². The van der Waals surface area contributed by atoms with E-state index >= 15 is 0 Å². The van der Waals surface area contributed by atoms with Crippen LogP contribution in [-0.4, -0.2) is 82.9 Å². The fourth-order valence-corrected chi connectivity index (χ4v) is 7.22. The molecule has 8 nitrogen and oxygen atoms in total. The lowest BCUT2D eigenvalue weighted by Crippen LogP contribution is -2.47. The first-order valence-electron chi connectivity index (χ1n) is 17.7. The molecule has 2 atom stereocenters. The SMILES string of the molecule is COCCCc1cc(CN(C(=O)[C@H]2CNCC[C@@H]2c2ccc(OCCOc3c(Cl)cc(C)cc3Cl)cc2)C2CC2)cc(OCCOCC(F)(F)F)c1. The van der Waals surface area contributed by atoms with Crippen LogP contribution in [0.5, 0.6) is 17.2 Å². The Morgan fingerprint density at radius 3 is 2.23 bits per heavy atom. The van der Waals surface area contributed by atoms with Gasteiger partial charge in [0.1, 0.15) is 37.9 Å². The smallest absolute Gasteiger partial charge is 0.411 e. The van der Waals surface area contributed by atoms with Gasteiger partial charge in [0.25, 0.3) is 0 Å². The molecule has 1 aliphatic heterocycles. The monoisotopic (exact) mass is 766 g/mol. The average Bonchev–Trinajstić information content (AvgIpc) is 3.95. The maximum Gasteiger partial charge on any atom is 0.411 e. The van der Waals surface area contributed by atoms with Crippen molar-refractivity contribution >= 4 is 29.1 Å². The maximum atomic E-state index is 14.4. The summed E-state index contributed by atoms with van der Waals surface area (Å²) in [5.41, 5.74) is 3.96. The molecule has 0 radical (unpaired) electrons. The number of nitrogens with zero attached hydrogens (tertiary/aromatic N) is 1. The summed E-state index contributed by atoms with van der Waals surface area (Å²) in [5, 5.41) is 4.35. The van der Waals surface area contributed by atoms with E-state index in [1.807, 2.05) is 48.2 Å². The van der Waals surface area contributed by atoms with Gasteiger partial charge in [-0.3, -0.25) is 4.79 Å². The summed E-state index contributed by atoms with van der Waals surface area (Å²) >= 11 is 12.6. The normalized spacial score (nSPS) is 17.5. The van der Waals surface area contributed by atoms with Gasteiger partial charge in [0.05, 0.1) is 22.6 Å². The van der Waals surface area contributed by atoms with Gasteiger partial charge in [-0.05, 0) is 110 Å². The first-order chi connectivity index (χ1) is 25.0. The van der Waals surface area contributed by atoms with E-state index < -0.39 is 12.8 Å². The second-order valence-corrected chi connectivity index (χ2v) is 14.1. The minimum absolute atomic E-state index is 0.0213. The zero-order chi connectivity index (χ0) is 37.1. The third kappa shape index (κ3) is 12.2. The molecule has 1 amide bonds. The lowest BCUT2D eigenvalue weighted by atomic mass is 9.80. The number of aryl methyl sites for hydroxylation is 2. The van der Waals surface area contributed by atoms with Gasteiger partial charge < -0.3 is 33.9 Å². The number of carbonyl (C=O) groups excluding carboxylic acids is 1.